The molecule has 0 radical (unpaired) electrons. The Labute approximate surface area is 90.1 Å². The fraction of sp³-hybridized carbons (Fsp3) is 0.417. The van der Waals surface area contributed by atoms with Crippen LogP contribution in [0, 0.1) is 11.3 Å². The summed E-state index contributed by atoms with van der Waals surface area (Å²) in [5.74, 6) is 0.971. The minimum Gasteiger partial charge on any atom is -0.192 e. The Balaban J connectivity index is 2.65. The second-order valence-corrected chi connectivity index (χ2v) is 6.02. The van der Waals surface area contributed by atoms with E-state index in [2.05, 4.69) is 32.9 Å². The lowest BCUT2D eigenvalue weighted by atomic mass is 10.2. The van der Waals surface area contributed by atoms with Crippen molar-refractivity contribution < 1.29 is 0 Å². The fourth-order valence-corrected chi connectivity index (χ4v) is 1.81. The Bertz CT molecular complexity index is 344. The first-order valence-corrected chi connectivity index (χ1v) is 5.63. The van der Waals surface area contributed by atoms with Crippen LogP contribution >= 0.6 is 11.8 Å². The molecule has 0 spiro atoms. The van der Waals surface area contributed by atoms with Crippen molar-refractivity contribution in [3.05, 3.63) is 35.4 Å². The number of nitrogens with zero attached hydrogens (tertiary/aromatic N) is 1. The maximum absolute atomic E-state index is 8.73. The molecular weight excluding hydrogens is 190 g/mol. The third-order valence-electron chi connectivity index (χ3n) is 1.73. The first-order chi connectivity index (χ1) is 6.51. The van der Waals surface area contributed by atoms with Gasteiger partial charge in [0, 0.05) is 10.5 Å². The van der Waals surface area contributed by atoms with Gasteiger partial charge in [0.25, 0.3) is 0 Å². The van der Waals surface area contributed by atoms with E-state index in [4.69, 9.17) is 5.26 Å². The predicted octanol–water partition coefficient (Wildman–Crippen LogP) is 3.59. The van der Waals surface area contributed by atoms with Gasteiger partial charge in [-0.05, 0) is 17.7 Å². The van der Waals surface area contributed by atoms with Crippen LogP contribution in [-0.4, -0.2) is 4.75 Å². The van der Waals surface area contributed by atoms with E-state index in [0.29, 0.717) is 0 Å². The van der Waals surface area contributed by atoms with Crippen LogP contribution in [0.1, 0.15) is 31.9 Å². The molecule has 74 valence electrons. The third-order valence-corrected chi connectivity index (χ3v) is 3.07. The van der Waals surface area contributed by atoms with Gasteiger partial charge in [-0.15, -0.1) is 0 Å². The standard InChI is InChI=1S/C12H15NS/c1-12(2,3)14-9-11-6-4-5-10(7-11)8-13/h4-7H,9H2,1-3H3. The summed E-state index contributed by atoms with van der Waals surface area (Å²) < 4.78 is 0.280. The molecule has 14 heavy (non-hydrogen) atoms. The van der Waals surface area contributed by atoms with Gasteiger partial charge < -0.3 is 0 Å². The van der Waals surface area contributed by atoms with Crippen LogP contribution in [0.5, 0.6) is 0 Å². The summed E-state index contributed by atoms with van der Waals surface area (Å²) in [5.41, 5.74) is 1.97. The van der Waals surface area contributed by atoms with E-state index in [1.165, 1.54) is 5.56 Å². The first kappa shape index (κ1) is 11.1. The highest BCUT2D eigenvalue weighted by Crippen LogP contribution is 2.27. The normalized spacial score (nSPS) is 11.0. The van der Waals surface area contributed by atoms with Gasteiger partial charge in [-0.25, -0.2) is 0 Å². The highest BCUT2D eigenvalue weighted by molar-refractivity contribution is 7.99. The predicted molar refractivity (Wildman–Crippen MR) is 62.2 cm³/mol. The number of rotatable bonds is 2. The maximum Gasteiger partial charge on any atom is 0.0991 e. The molecule has 0 heterocycles. The molecule has 0 unspecified atom stereocenters. The van der Waals surface area contributed by atoms with Crippen molar-refractivity contribution >= 4 is 11.8 Å². The SMILES string of the molecule is CC(C)(C)SCc1cccc(C#N)c1. The molecule has 1 aromatic rings. The molecule has 0 aliphatic rings. The van der Waals surface area contributed by atoms with Crippen molar-refractivity contribution in [2.24, 2.45) is 0 Å². The first-order valence-electron chi connectivity index (χ1n) is 4.64. The minimum atomic E-state index is 0.280. The lowest BCUT2D eigenvalue weighted by Gasteiger charge is -2.17. The van der Waals surface area contributed by atoms with Crippen molar-refractivity contribution in [3.63, 3.8) is 0 Å². The molecule has 0 saturated carbocycles. The smallest absolute Gasteiger partial charge is 0.0991 e. The van der Waals surface area contributed by atoms with Gasteiger partial charge in [0.2, 0.25) is 0 Å². The van der Waals surface area contributed by atoms with Gasteiger partial charge in [0.1, 0.15) is 0 Å². The van der Waals surface area contributed by atoms with Crippen molar-refractivity contribution in [2.75, 3.05) is 0 Å². The zero-order valence-corrected chi connectivity index (χ0v) is 9.69. The molecule has 0 atom stereocenters. The largest absolute Gasteiger partial charge is 0.192 e. The van der Waals surface area contributed by atoms with E-state index >= 15 is 0 Å². The van der Waals surface area contributed by atoms with Crippen molar-refractivity contribution in [1.29, 1.82) is 5.26 Å². The molecule has 2 heteroatoms. The van der Waals surface area contributed by atoms with E-state index in [1.54, 1.807) is 0 Å². The monoisotopic (exact) mass is 205 g/mol. The zero-order chi connectivity index (χ0) is 10.6. The average Bonchev–Trinajstić information content (AvgIpc) is 2.14. The number of hydrogen-bond acceptors (Lipinski definition) is 2. The Morgan fingerprint density at radius 3 is 2.64 bits per heavy atom. The number of hydrogen-bond donors (Lipinski definition) is 0. The van der Waals surface area contributed by atoms with Crippen LogP contribution in [0.15, 0.2) is 24.3 Å². The van der Waals surface area contributed by atoms with Crippen LogP contribution < -0.4 is 0 Å². The van der Waals surface area contributed by atoms with Crippen molar-refractivity contribution in [3.8, 4) is 6.07 Å². The van der Waals surface area contributed by atoms with E-state index in [9.17, 15) is 0 Å². The molecular formula is C12H15NS. The van der Waals surface area contributed by atoms with Crippen LogP contribution in [0.4, 0.5) is 0 Å². The average molecular weight is 205 g/mol. The van der Waals surface area contributed by atoms with Gasteiger partial charge in [0.15, 0.2) is 0 Å². The van der Waals surface area contributed by atoms with Crippen LogP contribution in [0.3, 0.4) is 0 Å². The highest BCUT2D eigenvalue weighted by Gasteiger charge is 2.10. The number of nitriles is 1. The highest BCUT2D eigenvalue weighted by atomic mass is 32.2. The molecule has 0 aliphatic carbocycles. The summed E-state index contributed by atoms with van der Waals surface area (Å²) in [6.45, 7) is 6.60. The molecule has 0 saturated heterocycles. The Morgan fingerprint density at radius 2 is 2.07 bits per heavy atom. The number of benzene rings is 1. The van der Waals surface area contributed by atoms with Crippen LogP contribution in [-0.2, 0) is 5.75 Å². The van der Waals surface area contributed by atoms with Crippen LogP contribution in [0.25, 0.3) is 0 Å². The summed E-state index contributed by atoms with van der Waals surface area (Å²) in [5, 5.41) is 8.73. The van der Waals surface area contributed by atoms with Gasteiger partial charge >= 0.3 is 0 Å². The topological polar surface area (TPSA) is 23.8 Å². The quantitative estimate of drug-likeness (QED) is 0.736. The summed E-state index contributed by atoms with van der Waals surface area (Å²) in [6, 6.07) is 9.96. The zero-order valence-electron chi connectivity index (χ0n) is 8.87. The Kier molecular flexibility index (Phi) is 3.60. The van der Waals surface area contributed by atoms with Gasteiger partial charge in [-0.1, -0.05) is 32.9 Å². The Hall–Kier alpha value is -0.940. The Morgan fingerprint density at radius 1 is 1.36 bits per heavy atom. The van der Waals surface area contributed by atoms with E-state index in [1.807, 2.05) is 30.0 Å². The summed E-state index contributed by atoms with van der Waals surface area (Å²) in [7, 11) is 0. The second-order valence-electron chi connectivity index (χ2n) is 4.21. The molecule has 0 aromatic heterocycles. The summed E-state index contributed by atoms with van der Waals surface area (Å²) in [4.78, 5) is 0. The second kappa shape index (κ2) is 4.52. The van der Waals surface area contributed by atoms with Gasteiger partial charge in [0.05, 0.1) is 11.6 Å². The molecule has 1 rings (SSSR count). The summed E-state index contributed by atoms with van der Waals surface area (Å²) in [6.07, 6.45) is 0. The molecule has 0 aliphatic heterocycles. The maximum atomic E-state index is 8.73. The van der Waals surface area contributed by atoms with E-state index < -0.39 is 0 Å². The molecule has 0 N–H and O–H groups in total. The number of thioether (sulfide) groups is 1. The van der Waals surface area contributed by atoms with E-state index in [-0.39, 0.29) is 4.75 Å². The van der Waals surface area contributed by atoms with Gasteiger partial charge in [-0.3, -0.25) is 0 Å². The van der Waals surface area contributed by atoms with Crippen LogP contribution in [0.2, 0.25) is 0 Å². The van der Waals surface area contributed by atoms with Gasteiger partial charge in [-0.2, -0.15) is 17.0 Å². The molecule has 1 nitrogen and oxygen atoms in total. The van der Waals surface area contributed by atoms with E-state index in [0.717, 1.165) is 11.3 Å². The molecule has 0 fully saturated rings. The molecule has 0 bridgehead atoms. The van der Waals surface area contributed by atoms with Crippen molar-refractivity contribution in [1.82, 2.24) is 0 Å². The third kappa shape index (κ3) is 3.85. The minimum absolute atomic E-state index is 0.280. The summed E-state index contributed by atoms with van der Waals surface area (Å²) >= 11 is 1.90. The molecule has 1 aromatic carbocycles. The van der Waals surface area contributed by atoms with Crippen molar-refractivity contribution in [2.45, 2.75) is 31.3 Å². The lowest BCUT2D eigenvalue weighted by molar-refractivity contribution is 0.802. The molecule has 0 amide bonds. The fourth-order valence-electron chi connectivity index (χ4n) is 1.03. The lowest BCUT2D eigenvalue weighted by Crippen LogP contribution is -2.07.